The summed E-state index contributed by atoms with van der Waals surface area (Å²) in [5, 5.41) is 0. The molecule has 1 aliphatic rings. The minimum absolute atomic E-state index is 0.0326. The Morgan fingerprint density at radius 3 is 2.69 bits per heavy atom. The van der Waals surface area contributed by atoms with Crippen molar-refractivity contribution in [3.8, 4) is 11.8 Å². The number of rotatable bonds is 3. The van der Waals surface area contributed by atoms with Gasteiger partial charge in [-0.3, -0.25) is 0 Å². The number of thioether (sulfide) groups is 1. The van der Waals surface area contributed by atoms with Gasteiger partial charge in [0.1, 0.15) is 6.29 Å². The second-order valence-corrected chi connectivity index (χ2v) is 4.74. The van der Waals surface area contributed by atoms with Crippen LogP contribution in [0.1, 0.15) is 32.6 Å². The molecular formula is C11H16OS. The molecule has 0 unspecified atom stereocenters. The summed E-state index contributed by atoms with van der Waals surface area (Å²) in [6.45, 7) is 1.85. The van der Waals surface area contributed by atoms with Crippen molar-refractivity contribution in [3.63, 3.8) is 0 Å². The van der Waals surface area contributed by atoms with Crippen LogP contribution in [-0.4, -0.2) is 17.8 Å². The largest absolute Gasteiger partial charge is 0.303 e. The summed E-state index contributed by atoms with van der Waals surface area (Å²) in [5.41, 5.74) is -0.0326. The summed E-state index contributed by atoms with van der Waals surface area (Å²) >= 11 is 1.96. The van der Waals surface area contributed by atoms with E-state index in [1.807, 2.05) is 18.7 Å². The van der Waals surface area contributed by atoms with E-state index < -0.39 is 0 Å². The molecule has 1 heterocycles. The molecule has 0 aliphatic carbocycles. The van der Waals surface area contributed by atoms with Crippen molar-refractivity contribution < 1.29 is 4.79 Å². The Hall–Kier alpha value is -0.420. The average Bonchev–Trinajstić information content (AvgIpc) is 2.20. The zero-order valence-corrected chi connectivity index (χ0v) is 8.95. The molecule has 0 aromatic carbocycles. The van der Waals surface area contributed by atoms with Crippen molar-refractivity contribution in [2.24, 2.45) is 5.41 Å². The van der Waals surface area contributed by atoms with Gasteiger partial charge in [-0.05, 0) is 37.7 Å². The molecule has 1 aliphatic heterocycles. The van der Waals surface area contributed by atoms with Crippen LogP contribution in [0.2, 0.25) is 0 Å². The van der Waals surface area contributed by atoms with Gasteiger partial charge in [0.15, 0.2) is 0 Å². The maximum Gasteiger partial charge on any atom is 0.126 e. The van der Waals surface area contributed by atoms with Crippen molar-refractivity contribution in [2.75, 3.05) is 11.5 Å². The number of hydrogen-bond donors (Lipinski definition) is 0. The van der Waals surface area contributed by atoms with Crippen LogP contribution in [-0.2, 0) is 4.79 Å². The highest BCUT2D eigenvalue weighted by Gasteiger charge is 2.30. The molecule has 1 nitrogen and oxygen atoms in total. The Morgan fingerprint density at radius 1 is 1.46 bits per heavy atom. The van der Waals surface area contributed by atoms with E-state index >= 15 is 0 Å². The van der Waals surface area contributed by atoms with E-state index in [9.17, 15) is 4.79 Å². The number of hydrogen-bond acceptors (Lipinski definition) is 2. The molecular weight excluding hydrogens is 180 g/mol. The molecule has 1 rings (SSSR count). The first-order chi connectivity index (χ1) is 6.33. The van der Waals surface area contributed by atoms with E-state index in [0.717, 1.165) is 37.2 Å². The molecule has 0 spiro atoms. The van der Waals surface area contributed by atoms with Crippen LogP contribution in [0.4, 0.5) is 0 Å². The lowest BCUT2D eigenvalue weighted by molar-refractivity contribution is -0.116. The van der Waals surface area contributed by atoms with Gasteiger partial charge in [-0.25, -0.2) is 0 Å². The molecule has 0 N–H and O–H groups in total. The number of carbonyl (C=O) groups is 1. The third kappa shape index (κ3) is 3.08. The van der Waals surface area contributed by atoms with Gasteiger partial charge in [0, 0.05) is 11.8 Å². The average molecular weight is 196 g/mol. The van der Waals surface area contributed by atoms with Gasteiger partial charge in [0.25, 0.3) is 0 Å². The molecule has 0 bridgehead atoms. The molecule has 0 amide bonds. The summed E-state index contributed by atoms with van der Waals surface area (Å²) in [6, 6.07) is 0. The standard InChI is InChI=1S/C11H16OS/c1-2-3-4-5-11(10-12)6-8-13-9-7-11/h10H,4-9H2,1H3. The molecule has 0 aromatic rings. The first kappa shape index (κ1) is 10.7. The molecule has 13 heavy (non-hydrogen) atoms. The van der Waals surface area contributed by atoms with Crippen LogP contribution >= 0.6 is 11.8 Å². The summed E-state index contributed by atoms with van der Waals surface area (Å²) in [7, 11) is 0. The van der Waals surface area contributed by atoms with E-state index in [1.54, 1.807) is 0 Å². The third-order valence-corrected chi connectivity index (χ3v) is 3.65. The highest BCUT2D eigenvalue weighted by atomic mass is 32.2. The second-order valence-electron chi connectivity index (χ2n) is 3.52. The lowest BCUT2D eigenvalue weighted by Gasteiger charge is -2.30. The van der Waals surface area contributed by atoms with Gasteiger partial charge in [0.05, 0.1) is 0 Å². The Labute approximate surface area is 84.7 Å². The molecule has 0 saturated carbocycles. The second kappa shape index (κ2) is 5.34. The van der Waals surface area contributed by atoms with Crippen LogP contribution in [0.3, 0.4) is 0 Å². The van der Waals surface area contributed by atoms with Crippen LogP contribution in [0, 0.1) is 17.3 Å². The topological polar surface area (TPSA) is 17.1 Å². The van der Waals surface area contributed by atoms with Gasteiger partial charge in [0.2, 0.25) is 0 Å². The minimum atomic E-state index is -0.0326. The van der Waals surface area contributed by atoms with Crippen LogP contribution in [0.5, 0.6) is 0 Å². The lowest BCUT2D eigenvalue weighted by Crippen LogP contribution is -2.27. The van der Waals surface area contributed by atoms with Crippen LogP contribution < -0.4 is 0 Å². The zero-order valence-electron chi connectivity index (χ0n) is 8.14. The predicted molar refractivity (Wildman–Crippen MR) is 57.7 cm³/mol. The SMILES string of the molecule is CC#CCCC1(C=O)CCSCC1. The fourth-order valence-corrected chi connectivity index (χ4v) is 2.95. The van der Waals surface area contributed by atoms with Gasteiger partial charge in [-0.15, -0.1) is 11.8 Å². The van der Waals surface area contributed by atoms with E-state index in [-0.39, 0.29) is 5.41 Å². The Bertz CT molecular complexity index is 218. The van der Waals surface area contributed by atoms with Gasteiger partial charge >= 0.3 is 0 Å². The quantitative estimate of drug-likeness (QED) is 0.509. The van der Waals surface area contributed by atoms with Crippen molar-refractivity contribution in [2.45, 2.75) is 32.6 Å². The van der Waals surface area contributed by atoms with Crippen molar-refractivity contribution in [3.05, 3.63) is 0 Å². The smallest absolute Gasteiger partial charge is 0.126 e. The Kier molecular flexibility index (Phi) is 4.38. The molecule has 72 valence electrons. The van der Waals surface area contributed by atoms with E-state index in [0.29, 0.717) is 0 Å². The van der Waals surface area contributed by atoms with Gasteiger partial charge in [-0.1, -0.05) is 0 Å². The molecule has 0 aromatic heterocycles. The molecule has 0 radical (unpaired) electrons. The normalized spacial score (nSPS) is 20.1. The summed E-state index contributed by atoms with van der Waals surface area (Å²) < 4.78 is 0. The van der Waals surface area contributed by atoms with E-state index in [1.165, 1.54) is 6.29 Å². The van der Waals surface area contributed by atoms with E-state index in [4.69, 9.17) is 0 Å². The lowest BCUT2D eigenvalue weighted by atomic mass is 9.79. The molecule has 1 saturated heterocycles. The fourth-order valence-electron chi connectivity index (χ4n) is 1.64. The van der Waals surface area contributed by atoms with E-state index in [2.05, 4.69) is 11.8 Å². The Balaban J connectivity index is 2.45. The molecule has 0 atom stereocenters. The van der Waals surface area contributed by atoms with Crippen molar-refractivity contribution >= 4 is 18.0 Å². The third-order valence-electron chi connectivity index (χ3n) is 2.66. The minimum Gasteiger partial charge on any atom is -0.303 e. The van der Waals surface area contributed by atoms with Crippen LogP contribution in [0.25, 0.3) is 0 Å². The predicted octanol–water partition coefficient (Wildman–Crippen LogP) is 2.50. The molecule has 2 heteroatoms. The first-order valence-electron chi connectivity index (χ1n) is 4.77. The maximum atomic E-state index is 11.0. The number of aldehydes is 1. The summed E-state index contributed by atoms with van der Waals surface area (Å²) in [5.74, 6) is 8.19. The van der Waals surface area contributed by atoms with Gasteiger partial charge < -0.3 is 4.79 Å². The maximum absolute atomic E-state index is 11.0. The number of carbonyl (C=O) groups excluding carboxylic acids is 1. The fraction of sp³-hybridized carbons (Fsp3) is 0.727. The highest BCUT2D eigenvalue weighted by Crippen LogP contribution is 2.36. The van der Waals surface area contributed by atoms with Crippen molar-refractivity contribution in [1.29, 1.82) is 0 Å². The monoisotopic (exact) mass is 196 g/mol. The summed E-state index contributed by atoms with van der Waals surface area (Å²) in [4.78, 5) is 11.0. The van der Waals surface area contributed by atoms with Gasteiger partial charge in [-0.2, -0.15) is 11.8 Å². The highest BCUT2D eigenvalue weighted by molar-refractivity contribution is 7.99. The summed E-state index contributed by atoms with van der Waals surface area (Å²) in [6.07, 6.45) is 5.10. The first-order valence-corrected chi connectivity index (χ1v) is 5.92. The van der Waals surface area contributed by atoms with Crippen LogP contribution in [0.15, 0.2) is 0 Å². The van der Waals surface area contributed by atoms with Crippen molar-refractivity contribution in [1.82, 2.24) is 0 Å². The molecule has 1 fully saturated rings. The Morgan fingerprint density at radius 2 is 2.15 bits per heavy atom. The zero-order chi connectivity index (χ0) is 9.57.